The van der Waals surface area contributed by atoms with Crippen molar-refractivity contribution in [1.29, 1.82) is 0 Å². The van der Waals surface area contributed by atoms with Crippen LogP contribution in [0.4, 0.5) is 5.69 Å². The van der Waals surface area contributed by atoms with E-state index in [9.17, 15) is 4.79 Å². The van der Waals surface area contributed by atoms with Crippen molar-refractivity contribution in [2.24, 2.45) is 0 Å². The van der Waals surface area contributed by atoms with Gasteiger partial charge in [-0.15, -0.1) is 0 Å². The van der Waals surface area contributed by atoms with Crippen LogP contribution >= 0.6 is 0 Å². The molecule has 0 aliphatic rings. The topological polar surface area (TPSA) is 57.8 Å². The standard InChI is InChI=1S/C15H13N3O/c1-10-2-4-11(5-3-10)15-17-13-7-6-12(16-9-19)8-14(13)18-15/h2-9H,1H3,(H,16,19)(H,17,18). The molecular weight excluding hydrogens is 238 g/mol. The molecule has 0 spiro atoms. The molecule has 0 fully saturated rings. The monoisotopic (exact) mass is 251 g/mol. The van der Waals surface area contributed by atoms with Gasteiger partial charge in [-0.3, -0.25) is 4.79 Å². The number of nitrogens with zero attached hydrogens (tertiary/aromatic N) is 1. The number of aromatic nitrogens is 2. The van der Waals surface area contributed by atoms with E-state index < -0.39 is 0 Å². The quantitative estimate of drug-likeness (QED) is 0.703. The lowest BCUT2D eigenvalue weighted by atomic mass is 10.1. The summed E-state index contributed by atoms with van der Waals surface area (Å²) in [7, 11) is 0. The highest BCUT2D eigenvalue weighted by Gasteiger charge is 2.05. The van der Waals surface area contributed by atoms with Gasteiger partial charge in [0.15, 0.2) is 0 Å². The maximum Gasteiger partial charge on any atom is 0.211 e. The number of aromatic amines is 1. The Balaban J connectivity index is 2.05. The molecule has 1 aromatic heterocycles. The number of amides is 1. The summed E-state index contributed by atoms with van der Waals surface area (Å²) in [6, 6.07) is 13.8. The van der Waals surface area contributed by atoms with Crippen LogP contribution in [0.25, 0.3) is 22.4 Å². The van der Waals surface area contributed by atoms with Gasteiger partial charge in [-0.2, -0.15) is 0 Å². The van der Waals surface area contributed by atoms with E-state index >= 15 is 0 Å². The minimum Gasteiger partial charge on any atom is -0.338 e. The Bertz CT molecular complexity index is 729. The van der Waals surface area contributed by atoms with Gasteiger partial charge in [0.1, 0.15) is 5.82 Å². The molecule has 2 N–H and O–H groups in total. The van der Waals surface area contributed by atoms with E-state index in [1.807, 2.05) is 30.3 Å². The summed E-state index contributed by atoms with van der Waals surface area (Å²) in [6.45, 7) is 2.06. The number of carbonyl (C=O) groups excluding carboxylic acids is 1. The van der Waals surface area contributed by atoms with E-state index in [0.717, 1.165) is 28.1 Å². The molecule has 0 unspecified atom stereocenters. The van der Waals surface area contributed by atoms with Crippen molar-refractivity contribution in [2.75, 3.05) is 5.32 Å². The van der Waals surface area contributed by atoms with Gasteiger partial charge in [-0.1, -0.05) is 29.8 Å². The molecule has 0 saturated heterocycles. The fourth-order valence-electron chi connectivity index (χ4n) is 2.02. The molecule has 94 valence electrons. The first kappa shape index (κ1) is 11.5. The molecule has 2 aromatic carbocycles. The van der Waals surface area contributed by atoms with Crippen molar-refractivity contribution >= 4 is 23.1 Å². The van der Waals surface area contributed by atoms with E-state index in [4.69, 9.17) is 0 Å². The molecule has 1 heterocycles. The fourth-order valence-corrected chi connectivity index (χ4v) is 2.02. The molecule has 0 radical (unpaired) electrons. The minimum absolute atomic E-state index is 0.665. The Morgan fingerprint density at radius 2 is 1.95 bits per heavy atom. The van der Waals surface area contributed by atoms with Crippen LogP contribution in [0.1, 0.15) is 5.56 Å². The molecule has 1 amide bonds. The van der Waals surface area contributed by atoms with Gasteiger partial charge in [0, 0.05) is 11.3 Å². The molecule has 0 bridgehead atoms. The van der Waals surface area contributed by atoms with E-state index in [1.165, 1.54) is 5.56 Å². The van der Waals surface area contributed by atoms with Gasteiger partial charge >= 0.3 is 0 Å². The number of anilines is 1. The van der Waals surface area contributed by atoms with E-state index in [0.29, 0.717) is 6.41 Å². The molecular formula is C15H13N3O. The maximum absolute atomic E-state index is 10.4. The number of hydrogen-bond donors (Lipinski definition) is 2. The zero-order chi connectivity index (χ0) is 13.2. The smallest absolute Gasteiger partial charge is 0.211 e. The predicted molar refractivity (Wildman–Crippen MR) is 76.0 cm³/mol. The van der Waals surface area contributed by atoms with Crippen LogP contribution in [0.2, 0.25) is 0 Å². The Kier molecular flexibility index (Phi) is 2.76. The Hall–Kier alpha value is -2.62. The van der Waals surface area contributed by atoms with Crippen molar-refractivity contribution in [3.63, 3.8) is 0 Å². The molecule has 4 nitrogen and oxygen atoms in total. The van der Waals surface area contributed by atoms with Crippen molar-refractivity contribution < 1.29 is 4.79 Å². The number of rotatable bonds is 3. The summed E-state index contributed by atoms with van der Waals surface area (Å²) in [4.78, 5) is 18.2. The first-order chi connectivity index (χ1) is 9.26. The third-order valence-corrected chi connectivity index (χ3v) is 3.03. The highest BCUT2D eigenvalue weighted by Crippen LogP contribution is 2.22. The summed E-state index contributed by atoms with van der Waals surface area (Å²) in [5.41, 5.74) is 4.81. The summed E-state index contributed by atoms with van der Waals surface area (Å²) in [5.74, 6) is 0.832. The summed E-state index contributed by atoms with van der Waals surface area (Å²) in [5, 5.41) is 2.63. The summed E-state index contributed by atoms with van der Waals surface area (Å²) >= 11 is 0. The number of hydrogen-bond acceptors (Lipinski definition) is 2. The largest absolute Gasteiger partial charge is 0.338 e. The van der Waals surface area contributed by atoms with E-state index in [-0.39, 0.29) is 0 Å². The van der Waals surface area contributed by atoms with Gasteiger partial charge < -0.3 is 10.3 Å². The second kappa shape index (κ2) is 4.57. The number of nitrogens with one attached hydrogen (secondary N) is 2. The lowest BCUT2D eigenvalue weighted by molar-refractivity contribution is -0.105. The SMILES string of the molecule is Cc1ccc(-c2nc3ccc(NC=O)cc3[nH]2)cc1. The summed E-state index contributed by atoms with van der Waals surface area (Å²) in [6.07, 6.45) is 0.665. The van der Waals surface area contributed by atoms with Gasteiger partial charge in [-0.25, -0.2) is 4.98 Å². The molecule has 3 rings (SSSR count). The number of imidazole rings is 1. The lowest BCUT2D eigenvalue weighted by Crippen LogP contribution is -1.92. The van der Waals surface area contributed by atoms with Crippen molar-refractivity contribution in [2.45, 2.75) is 6.92 Å². The Morgan fingerprint density at radius 3 is 2.68 bits per heavy atom. The molecule has 0 saturated carbocycles. The normalized spacial score (nSPS) is 10.6. The fraction of sp³-hybridized carbons (Fsp3) is 0.0667. The molecule has 19 heavy (non-hydrogen) atoms. The minimum atomic E-state index is 0.665. The highest BCUT2D eigenvalue weighted by molar-refractivity contribution is 5.85. The highest BCUT2D eigenvalue weighted by atomic mass is 16.1. The Labute approximate surface area is 110 Å². The molecule has 0 aliphatic heterocycles. The van der Waals surface area contributed by atoms with Crippen molar-refractivity contribution in [1.82, 2.24) is 9.97 Å². The zero-order valence-corrected chi connectivity index (χ0v) is 10.5. The van der Waals surface area contributed by atoms with Crippen LogP contribution in [0.15, 0.2) is 42.5 Å². The van der Waals surface area contributed by atoms with Gasteiger partial charge in [0.2, 0.25) is 6.41 Å². The molecule has 0 aliphatic carbocycles. The van der Waals surface area contributed by atoms with Crippen LogP contribution in [0.5, 0.6) is 0 Å². The third kappa shape index (κ3) is 2.20. The number of carbonyl (C=O) groups is 1. The van der Waals surface area contributed by atoms with E-state index in [2.05, 4.69) is 34.3 Å². The van der Waals surface area contributed by atoms with Gasteiger partial charge in [0.05, 0.1) is 11.0 Å². The second-order valence-electron chi connectivity index (χ2n) is 4.45. The van der Waals surface area contributed by atoms with Gasteiger partial charge in [0.25, 0.3) is 0 Å². The predicted octanol–water partition coefficient (Wildman–Crippen LogP) is 3.11. The Morgan fingerprint density at radius 1 is 1.16 bits per heavy atom. The average Bonchev–Trinajstić information content (AvgIpc) is 2.83. The van der Waals surface area contributed by atoms with Crippen molar-refractivity contribution in [3.05, 3.63) is 48.0 Å². The van der Waals surface area contributed by atoms with Crippen LogP contribution in [-0.4, -0.2) is 16.4 Å². The summed E-state index contributed by atoms with van der Waals surface area (Å²) < 4.78 is 0. The third-order valence-electron chi connectivity index (χ3n) is 3.03. The van der Waals surface area contributed by atoms with Crippen LogP contribution in [-0.2, 0) is 4.79 Å². The molecule has 4 heteroatoms. The number of H-pyrrole nitrogens is 1. The van der Waals surface area contributed by atoms with Crippen LogP contribution in [0.3, 0.4) is 0 Å². The zero-order valence-electron chi connectivity index (χ0n) is 10.5. The molecule has 0 atom stereocenters. The lowest BCUT2D eigenvalue weighted by Gasteiger charge is -1.97. The first-order valence-corrected chi connectivity index (χ1v) is 6.03. The van der Waals surface area contributed by atoms with Crippen LogP contribution in [0, 0.1) is 6.92 Å². The number of fused-ring (bicyclic) bond motifs is 1. The maximum atomic E-state index is 10.4. The van der Waals surface area contributed by atoms with E-state index in [1.54, 1.807) is 0 Å². The number of benzene rings is 2. The van der Waals surface area contributed by atoms with Crippen molar-refractivity contribution in [3.8, 4) is 11.4 Å². The number of aryl methyl sites for hydroxylation is 1. The average molecular weight is 251 g/mol. The second-order valence-corrected chi connectivity index (χ2v) is 4.45. The van der Waals surface area contributed by atoms with Gasteiger partial charge in [-0.05, 0) is 25.1 Å². The van der Waals surface area contributed by atoms with Crippen LogP contribution < -0.4 is 5.32 Å². The molecule has 3 aromatic rings. The first-order valence-electron chi connectivity index (χ1n) is 6.03.